The van der Waals surface area contributed by atoms with Gasteiger partial charge in [-0.2, -0.15) is 0 Å². The molecule has 1 amide bonds. The average Bonchev–Trinajstić information content (AvgIpc) is 3.21. The lowest BCUT2D eigenvalue weighted by Crippen LogP contribution is -2.51. The topological polar surface area (TPSA) is 224 Å². The van der Waals surface area contributed by atoms with Crippen LogP contribution in [0.25, 0.3) is 10.8 Å². The normalized spacial score (nSPS) is 12.9. The van der Waals surface area contributed by atoms with Gasteiger partial charge in [0.1, 0.15) is 17.8 Å². The van der Waals surface area contributed by atoms with Crippen molar-refractivity contribution in [3.63, 3.8) is 0 Å². The average molecular weight is 941 g/mol. The van der Waals surface area contributed by atoms with Gasteiger partial charge in [0, 0.05) is 30.8 Å². The summed E-state index contributed by atoms with van der Waals surface area (Å²) in [5.74, 6) is -2.50. The number of fused-ring (bicyclic) bond motifs is 1. The Kier molecular flexibility index (Phi) is 18.4. The fraction of sp³-hybridized carbons (Fsp3) is 0.457. The van der Waals surface area contributed by atoms with Gasteiger partial charge in [0.15, 0.2) is 17.1 Å². The Bertz CT molecular complexity index is 2450. The summed E-state index contributed by atoms with van der Waals surface area (Å²) in [6.07, 6.45) is -0.198. The lowest BCUT2D eigenvalue weighted by molar-refractivity contribution is -0.396. The van der Waals surface area contributed by atoms with E-state index < -0.39 is 84.0 Å². The van der Waals surface area contributed by atoms with Gasteiger partial charge in [-0.3, -0.25) is 29.3 Å². The summed E-state index contributed by atoms with van der Waals surface area (Å²) in [6.45, 7) is 10.5. The number of aryl methyl sites for hydroxylation is 2. The van der Waals surface area contributed by atoms with Gasteiger partial charge < -0.3 is 24.3 Å². The number of anilines is 1. The molecule has 4 aromatic carbocycles. The number of halogens is 1. The van der Waals surface area contributed by atoms with Gasteiger partial charge in [0.2, 0.25) is 0 Å². The van der Waals surface area contributed by atoms with Crippen molar-refractivity contribution in [2.24, 2.45) is 0 Å². The first-order valence-corrected chi connectivity index (χ1v) is 22.9. The molecule has 0 heterocycles. The first kappa shape index (κ1) is 51.9. The smallest absolute Gasteiger partial charge is 0.339 e. The molecule has 2 atom stereocenters. The summed E-state index contributed by atoms with van der Waals surface area (Å²) in [5.41, 5.74) is -1.69. The molecule has 0 aromatic heterocycles. The van der Waals surface area contributed by atoms with Crippen molar-refractivity contribution in [3.8, 4) is 0 Å². The highest BCUT2D eigenvalue weighted by Crippen LogP contribution is 2.34. The molecule has 1 N–H and O–H groups in total. The predicted octanol–water partition coefficient (Wildman–Crippen LogP) is 8.58. The zero-order chi connectivity index (χ0) is 48.1. The van der Waals surface area contributed by atoms with Crippen LogP contribution in [0, 0.1) is 27.2 Å². The van der Waals surface area contributed by atoms with Crippen molar-refractivity contribution in [2.75, 3.05) is 30.6 Å². The number of non-ortho nitro benzene ring substituents is 1. The number of esters is 2. The minimum atomic E-state index is -4.75. The van der Waals surface area contributed by atoms with Crippen LogP contribution in [0.15, 0.2) is 83.8 Å². The number of carbonyl (C=O) groups is 3. The summed E-state index contributed by atoms with van der Waals surface area (Å²) in [4.78, 5) is 61.1. The number of nitro groups is 2. The Hall–Kier alpha value is -5.69. The van der Waals surface area contributed by atoms with Crippen molar-refractivity contribution in [1.82, 2.24) is 5.32 Å². The Morgan fingerprint density at radius 3 is 2.11 bits per heavy atom. The van der Waals surface area contributed by atoms with Crippen LogP contribution in [0.5, 0.6) is 0 Å². The molecule has 0 aliphatic rings. The standard InChI is InChI=1S/C46H57ClN4O13S/c1-31-18-21-35(28-37(31)47)49(65(59,60)39-23-22-36(50(55)56)29-38(39)51(57)58)25-13-14-26-61-41(42(44(54)64-46(5,6)7)62-30-40(52)63-45(2,3)4)43(53)48-24-12-8-9-15-32-19-20-33-16-10-11-17-34(33)27-32/h10-11,16-23,27-29,41-42H,8-9,12-15,24-26,30H2,1-7H3,(H,48,53)/t41-,42-/m1/s1. The molecular formula is C46H57ClN4O13S. The maximum Gasteiger partial charge on any atom is 0.339 e. The van der Waals surface area contributed by atoms with E-state index in [1.165, 1.54) is 17.7 Å². The van der Waals surface area contributed by atoms with E-state index >= 15 is 0 Å². The van der Waals surface area contributed by atoms with Gasteiger partial charge in [-0.25, -0.2) is 18.0 Å². The minimum absolute atomic E-state index is 0.0346. The SMILES string of the molecule is Cc1ccc(N(CCCCO[C@@H](C(=O)NCCCCCc2ccc3ccccc3c2)[C@@H](OCC(=O)OC(C)(C)C)C(=O)OC(C)(C)C)S(=O)(=O)c2ccc([N+](=O)[O-])cc2[N+](=O)[O-])cc1Cl. The summed E-state index contributed by atoms with van der Waals surface area (Å²) in [6, 6.07) is 21.1. The molecule has 65 heavy (non-hydrogen) atoms. The highest BCUT2D eigenvalue weighted by Gasteiger charge is 2.40. The number of hydrogen-bond donors (Lipinski definition) is 1. The molecule has 4 rings (SSSR count). The molecule has 0 aliphatic heterocycles. The number of benzene rings is 4. The molecule has 0 saturated carbocycles. The molecule has 352 valence electrons. The summed E-state index contributed by atoms with van der Waals surface area (Å²) < 4.78 is 52.0. The largest absolute Gasteiger partial charge is 0.458 e. The van der Waals surface area contributed by atoms with Crippen LogP contribution in [-0.4, -0.2) is 85.8 Å². The van der Waals surface area contributed by atoms with Crippen LogP contribution in [-0.2, 0) is 49.8 Å². The van der Waals surface area contributed by atoms with Gasteiger partial charge in [-0.1, -0.05) is 66.6 Å². The molecule has 0 radical (unpaired) electrons. The summed E-state index contributed by atoms with van der Waals surface area (Å²) >= 11 is 6.37. The van der Waals surface area contributed by atoms with Gasteiger partial charge >= 0.3 is 11.9 Å². The molecule has 0 unspecified atom stereocenters. The number of ether oxygens (including phenoxy) is 4. The van der Waals surface area contributed by atoms with Crippen LogP contribution < -0.4 is 9.62 Å². The van der Waals surface area contributed by atoms with E-state index in [0.717, 1.165) is 46.5 Å². The summed E-state index contributed by atoms with van der Waals surface area (Å²) in [7, 11) is -4.75. The maximum atomic E-state index is 14.2. The number of unbranched alkanes of at least 4 members (excludes halogenated alkanes) is 3. The fourth-order valence-electron chi connectivity index (χ4n) is 6.60. The van der Waals surface area contributed by atoms with E-state index in [1.807, 2.05) is 12.1 Å². The fourth-order valence-corrected chi connectivity index (χ4v) is 8.41. The van der Waals surface area contributed by atoms with Crippen molar-refractivity contribution >= 4 is 67.3 Å². The van der Waals surface area contributed by atoms with E-state index in [2.05, 4.69) is 35.6 Å². The quantitative estimate of drug-likeness (QED) is 0.0319. The number of sulfonamides is 1. The van der Waals surface area contributed by atoms with E-state index in [-0.39, 0.29) is 43.2 Å². The third-order valence-corrected chi connectivity index (χ3v) is 11.9. The first-order chi connectivity index (χ1) is 30.5. The van der Waals surface area contributed by atoms with Gasteiger partial charge in [0.05, 0.1) is 21.6 Å². The number of rotatable bonds is 23. The van der Waals surface area contributed by atoms with Crippen molar-refractivity contribution in [3.05, 3.63) is 115 Å². The zero-order valence-corrected chi connectivity index (χ0v) is 39.2. The van der Waals surface area contributed by atoms with Gasteiger partial charge in [-0.05, 0) is 121 Å². The zero-order valence-electron chi connectivity index (χ0n) is 37.7. The van der Waals surface area contributed by atoms with Crippen LogP contribution >= 0.6 is 11.6 Å². The monoisotopic (exact) mass is 940 g/mol. The first-order valence-electron chi connectivity index (χ1n) is 21.1. The van der Waals surface area contributed by atoms with E-state index in [4.69, 9.17) is 30.5 Å². The number of carbonyl (C=O) groups excluding carboxylic acids is 3. The second-order valence-corrected chi connectivity index (χ2v) is 19.5. The second kappa shape index (κ2) is 23.0. The Morgan fingerprint density at radius 1 is 0.769 bits per heavy atom. The predicted molar refractivity (Wildman–Crippen MR) is 245 cm³/mol. The number of nitrogens with one attached hydrogen (secondary N) is 1. The van der Waals surface area contributed by atoms with Crippen molar-refractivity contribution in [2.45, 2.75) is 115 Å². The number of nitrogens with zero attached hydrogens (tertiary/aromatic N) is 3. The lowest BCUT2D eigenvalue weighted by Gasteiger charge is -2.29. The second-order valence-electron chi connectivity index (χ2n) is 17.3. The van der Waals surface area contributed by atoms with E-state index in [9.17, 15) is 43.0 Å². The maximum absolute atomic E-state index is 14.2. The van der Waals surface area contributed by atoms with Crippen LogP contribution in [0.2, 0.25) is 5.02 Å². The third kappa shape index (κ3) is 15.8. The molecule has 0 spiro atoms. The Labute approximate surface area is 384 Å². The Morgan fingerprint density at radius 2 is 1.46 bits per heavy atom. The molecule has 4 aromatic rings. The molecular weight excluding hydrogens is 884 g/mol. The number of nitro benzene ring substituents is 2. The minimum Gasteiger partial charge on any atom is -0.458 e. The molecule has 0 bridgehead atoms. The van der Waals surface area contributed by atoms with Crippen molar-refractivity contribution in [1.29, 1.82) is 0 Å². The third-order valence-electron chi connectivity index (χ3n) is 9.64. The lowest BCUT2D eigenvalue weighted by atomic mass is 10.0. The van der Waals surface area contributed by atoms with E-state index in [1.54, 1.807) is 54.5 Å². The van der Waals surface area contributed by atoms with Gasteiger partial charge in [-0.15, -0.1) is 0 Å². The number of amides is 1. The molecule has 0 saturated heterocycles. The Balaban J connectivity index is 1.52. The summed E-state index contributed by atoms with van der Waals surface area (Å²) in [5, 5.41) is 28.7. The molecule has 0 aliphatic carbocycles. The number of hydrogen-bond acceptors (Lipinski definition) is 13. The van der Waals surface area contributed by atoms with Gasteiger partial charge in [0.25, 0.3) is 27.3 Å². The van der Waals surface area contributed by atoms with E-state index in [0.29, 0.717) is 18.1 Å². The highest BCUT2D eigenvalue weighted by molar-refractivity contribution is 7.93. The van der Waals surface area contributed by atoms with Crippen LogP contribution in [0.3, 0.4) is 0 Å². The van der Waals surface area contributed by atoms with Crippen LogP contribution in [0.1, 0.15) is 84.8 Å². The molecule has 19 heteroatoms. The van der Waals surface area contributed by atoms with Crippen molar-refractivity contribution < 1.29 is 51.6 Å². The van der Waals surface area contributed by atoms with Crippen LogP contribution in [0.4, 0.5) is 17.1 Å². The molecule has 17 nitrogen and oxygen atoms in total. The highest BCUT2D eigenvalue weighted by atomic mass is 35.5. The molecule has 0 fully saturated rings.